The van der Waals surface area contributed by atoms with Crippen molar-refractivity contribution >= 4 is 56.1 Å². The van der Waals surface area contributed by atoms with E-state index in [1.165, 1.54) is 35.2 Å². The van der Waals surface area contributed by atoms with Gasteiger partial charge in [-0.1, -0.05) is 17.7 Å². The predicted octanol–water partition coefficient (Wildman–Crippen LogP) is 3.68. The third kappa shape index (κ3) is 5.31. The molecule has 0 atom stereocenters. The van der Waals surface area contributed by atoms with Crippen LogP contribution in [0.15, 0.2) is 41.3 Å². The van der Waals surface area contributed by atoms with E-state index in [-0.39, 0.29) is 10.8 Å². The van der Waals surface area contributed by atoms with E-state index < -0.39 is 9.84 Å². The van der Waals surface area contributed by atoms with Crippen molar-refractivity contribution in [3.8, 4) is 0 Å². The largest absolute Gasteiger partial charge is 0.325 e. The Bertz CT molecular complexity index is 771. The average molecular weight is 376 g/mol. The smallest absolute Gasteiger partial charge is 0.234 e. The maximum atomic E-state index is 11.9. The second kappa shape index (κ2) is 7.50. The molecule has 118 valence electrons. The molecule has 8 heteroatoms. The first kappa shape index (κ1) is 17.3. The van der Waals surface area contributed by atoms with Gasteiger partial charge >= 0.3 is 0 Å². The number of sulfone groups is 1. The highest BCUT2D eigenvalue weighted by Gasteiger charge is 2.09. The fourth-order valence-corrected chi connectivity index (χ4v) is 4.37. The van der Waals surface area contributed by atoms with Crippen LogP contribution in [-0.4, -0.2) is 26.3 Å². The molecule has 1 amide bonds. The van der Waals surface area contributed by atoms with Gasteiger partial charge in [0.1, 0.15) is 0 Å². The number of thiophene rings is 1. The molecule has 0 bridgehead atoms. The quantitative estimate of drug-likeness (QED) is 0.836. The Hall–Kier alpha value is -1.02. The van der Waals surface area contributed by atoms with Gasteiger partial charge in [-0.3, -0.25) is 4.79 Å². The molecular weight excluding hydrogens is 362 g/mol. The van der Waals surface area contributed by atoms with Crippen molar-refractivity contribution in [3.63, 3.8) is 0 Å². The van der Waals surface area contributed by atoms with E-state index in [1.54, 1.807) is 12.1 Å². The molecule has 0 fully saturated rings. The topological polar surface area (TPSA) is 63.2 Å². The predicted molar refractivity (Wildman–Crippen MR) is 93.7 cm³/mol. The number of hydrogen-bond acceptors (Lipinski definition) is 5. The SMILES string of the molecule is CS(=O)(=O)c1cccc(NC(=O)CSCc2ccc(Cl)s2)c1. The summed E-state index contributed by atoms with van der Waals surface area (Å²) in [6.45, 7) is 0. The van der Waals surface area contributed by atoms with Gasteiger partial charge in [-0.25, -0.2) is 8.42 Å². The number of anilines is 1. The molecule has 2 aromatic rings. The molecule has 4 nitrogen and oxygen atoms in total. The Kier molecular flexibility index (Phi) is 5.91. The minimum atomic E-state index is -3.28. The Balaban J connectivity index is 1.87. The van der Waals surface area contributed by atoms with Crippen LogP contribution in [0.5, 0.6) is 0 Å². The lowest BCUT2D eigenvalue weighted by Gasteiger charge is -2.06. The summed E-state index contributed by atoms with van der Waals surface area (Å²) in [6.07, 6.45) is 1.13. The van der Waals surface area contributed by atoms with Gasteiger partial charge in [-0.15, -0.1) is 23.1 Å². The van der Waals surface area contributed by atoms with Crippen molar-refractivity contribution in [3.05, 3.63) is 45.6 Å². The highest BCUT2D eigenvalue weighted by molar-refractivity contribution is 7.99. The number of amides is 1. The van der Waals surface area contributed by atoms with Gasteiger partial charge in [0.25, 0.3) is 0 Å². The summed E-state index contributed by atoms with van der Waals surface area (Å²) >= 11 is 8.81. The summed E-state index contributed by atoms with van der Waals surface area (Å²) in [5.74, 6) is 0.839. The number of nitrogens with one attached hydrogen (secondary N) is 1. The first-order valence-electron chi connectivity index (χ1n) is 6.26. The lowest BCUT2D eigenvalue weighted by atomic mass is 10.3. The molecule has 0 unspecified atom stereocenters. The number of halogens is 1. The molecule has 1 N–H and O–H groups in total. The Morgan fingerprint density at radius 2 is 2.09 bits per heavy atom. The van der Waals surface area contributed by atoms with Crippen LogP contribution in [0.3, 0.4) is 0 Å². The highest BCUT2D eigenvalue weighted by atomic mass is 35.5. The first-order chi connectivity index (χ1) is 10.3. The van der Waals surface area contributed by atoms with E-state index >= 15 is 0 Å². The van der Waals surface area contributed by atoms with Gasteiger partial charge < -0.3 is 5.32 Å². The Morgan fingerprint density at radius 1 is 1.32 bits per heavy atom. The molecule has 0 saturated heterocycles. The van der Waals surface area contributed by atoms with Crippen molar-refractivity contribution in [2.45, 2.75) is 10.6 Å². The maximum Gasteiger partial charge on any atom is 0.234 e. The van der Waals surface area contributed by atoms with Gasteiger partial charge in [0.05, 0.1) is 15.0 Å². The van der Waals surface area contributed by atoms with E-state index in [2.05, 4.69) is 5.32 Å². The summed E-state index contributed by atoms with van der Waals surface area (Å²) in [5.41, 5.74) is 0.479. The fraction of sp³-hybridized carbons (Fsp3) is 0.214. The molecule has 0 saturated carbocycles. The van der Waals surface area contributed by atoms with Gasteiger partial charge in [0.15, 0.2) is 9.84 Å². The van der Waals surface area contributed by atoms with Crippen LogP contribution < -0.4 is 5.32 Å². The van der Waals surface area contributed by atoms with Crippen molar-refractivity contribution in [1.29, 1.82) is 0 Å². The summed E-state index contributed by atoms with van der Waals surface area (Å²) in [4.78, 5) is 13.2. The Morgan fingerprint density at radius 3 is 2.73 bits per heavy atom. The standard InChI is InChI=1S/C14H14ClNO3S3/c1-22(18,19)12-4-2-3-10(7-12)16-14(17)9-20-8-11-5-6-13(15)21-11/h2-7H,8-9H2,1H3,(H,16,17). The fourth-order valence-electron chi connectivity index (χ4n) is 1.68. The minimum absolute atomic E-state index is 0.168. The normalized spacial score (nSPS) is 11.4. The number of hydrogen-bond donors (Lipinski definition) is 1. The molecule has 1 aromatic carbocycles. The van der Waals surface area contributed by atoms with E-state index in [0.717, 1.165) is 15.5 Å². The van der Waals surface area contributed by atoms with Crippen LogP contribution in [-0.2, 0) is 20.4 Å². The first-order valence-corrected chi connectivity index (χ1v) is 10.5. The van der Waals surface area contributed by atoms with E-state index in [9.17, 15) is 13.2 Å². The van der Waals surface area contributed by atoms with Crippen LogP contribution in [0.25, 0.3) is 0 Å². The molecule has 22 heavy (non-hydrogen) atoms. The van der Waals surface area contributed by atoms with Crippen LogP contribution in [0.1, 0.15) is 4.88 Å². The second-order valence-corrected chi connectivity index (χ2v) is 9.35. The zero-order chi connectivity index (χ0) is 16.2. The molecule has 0 aliphatic carbocycles. The van der Waals surface area contributed by atoms with Crippen LogP contribution in [0.4, 0.5) is 5.69 Å². The number of carbonyl (C=O) groups excluding carboxylic acids is 1. The van der Waals surface area contributed by atoms with Crippen molar-refractivity contribution < 1.29 is 13.2 Å². The molecule has 1 aromatic heterocycles. The molecule has 0 radical (unpaired) electrons. The molecule has 0 aliphatic rings. The third-order valence-corrected chi connectivity index (χ3v) is 6.16. The second-order valence-electron chi connectivity index (χ2n) is 4.55. The third-order valence-electron chi connectivity index (χ3n) is 2.65. The van der Waals surface area contributed by atoms with E-state index in [4.69, 9.17) is 11.6 Å². The molecule has 2 rings (SSSR count). The van der Waals surface area contributed by atoms with E-state index in [0.29, 0.717) is 17.2 Å². The summed E-state index contributed by atoms with van der Waals surface area (Å²) in [6, 6.07) is 9.99. The van der Waals surface area contributed by atoms with Crippen molar-refractivity contribution in [1.82, 2.24) is 0 Å². The number of carbonyl (C=O) groups is 1. The number of thioether (sulfide) groups is 1. The van der Waals surface area contributed by atoms with Crippen LogP contribution in [0.2, 0.25) is 4.34 Å². The summed E-state index contributed by atoms with van der Waals surface area (Å²) < 4.78 is 23.7. The van der Waals surface area contributed by atoms with Crippen LogP contribution >= 0.6 is 34.7 Å². The minimum Gasteiger partial charge on any atom is -0.325 e. The maximum absolute atomic E-state index is 11.9. The molecule has 0 spiro atoms. The zero-order valence-electron chi connectivity index (χ0n) is 11.7. The van der Waals surface area contributed by atoms with E-state index in [1.807, 2.05) is 12.1 Å². The van der Waals surface area contributed by atoms with Gasteiger partial charge in [0, 0.05) is 22.6 Å². The van der Waals surface area contributed by atoms with Gasteiger partial charge in [0.2, 0.25) is 5.91 Å². The van der Waals surface area contributed by atoms with Crippen molar-refractivity contribution in [2.24, 2.45) is 0 Å². The van der Waals surface area contributed by atoms with Gasteiger partial charge in [-0.05, 0) is 30.3 Å². The lowest BCUT2D eigenvalue weighted by molar-refractivity contribution is -0.113. The Labute approximate surface area is 142 Å². The monoisotopic (exact) mass is 375 g/mol. The molecule has 1 heterocycles. The van der Waals surface area contributed by atoms with Gasteiger partial charge in [-0.2, -0.15) is 0 Å². The lowest BCUT2D eigenvalue weighted by Crippen LogP contribution is -2.14. The van der Waals surface area contributed by atoms with Crippen LogP contribution in [0, 0.1) is 0 Å². The summed E-state index contributed by atoms with van der Waals surface area (Å²) in [7, 11) is -3.28. The molecule has 0 aliphatic heterocycles. The average Bonchev–Trinajstić information content (AvgIpc) is 2.84. The number of rotatable bonds is 6. The number of benzene rings is 1. The zero-order valence-corrected chi connectivity index (χ0v) is 14.9. The highest BCUT2D eigenvalue weighted by Crippen LogP contribution is 2.25. The molecular formula is C14H14ClNO3S3. The summed E-state index contributed by atoms with van der Waals surface area (Å²) in [5, 5.41) is 2.70. The van der Waals surface area contributed by atoms with Crippen molar-refractivity contribution in [2.75, 3.05) is 17.3 Å².